The molecule has 8 atom stereocenters. The summed E-state index contributed by atoms with van der Waals surface area (Å²) in [5.41, 5.74) is 0. The van der Waals surface area contributed by atoms with Crippen LogP contribution in [-0.4, -0.2) is 107 Å². The number of aliphatic hydroxyl groups excluding tert-OH is 5. The van der Waals surface area contributed by atoms with Crippen LogP contribution >= 0.6 is 0 Å². The van der Waals surface area contributed by atoms with Gasteiger partial charge in [0.25, 0.3) is 0 Å². The molecule has 8 unspecified atom stereocenters. The van der Waals surface area contributed by atoms with Crippen LogP contribution in [0.4, 0.5) is 0 Å². The van der Waals surface area contributed by atoms with Crippen LogP contribution in [0, 0.1) is 0 Å². The molecule has 0 spiro atoms. The lowest BCUT2D eigenvalue weighted by Gasteiger charge is -2.41. The second-order valence-electron chi connectivity index (χ2n) is 16.8. The van der Waals surface area contributed by atoms with E-state index in [4.69, 9.17) is 9.47 Å². The third kappa shape index (κ3) is 30.1. The predicted octanol–water partition coefficient (Wildman–Crippen LogP) is 8.47. The van der Waals surface area contributed by atoms with E-state index in [0.717, 1.165) is 64.2 Å². The normalized spacial score (nSPS) is 21.5. The fraction of sp³-hybridized carbons (Fsp3) is 0.851. The van der Waals surface area contributed by atoms with Gasteiger partial charge in [0, 0.05) is 0 Å². The van der Waals surface area contributed by atoms with Crippen LogP contribution in [0.2, 0.25) is 0 Å². The van der Waals surface area contributed by atoms with Gasteiger partial charge in [0.05, 0.1) is 25.4 Å². The summed E-state index contributed by atoms with van der Waals surface area (Å²) in [6, 6.07) is -1.14. The number of unbranched alkanes of at least 4 members (excludes halogenated alkanes) is 23. The van der Waals surface area contributed by atoms with E-state index in [9.17, 15) is 43.3 Å². The third-order valence-corrected chi connectivity index (χ3v) is 11.7. The quantitative estimate of drug-likeness (QED) is 0.0175. The number of ether oxygens (including phenoxy) is 2. The standard InChI is InChI=1S/C47H87NO12S/c1-3-5-7-9-11-13-15-17-18-19-20-21-22-24-26-28-30-32-34-36-41(51)46(54)48-39(40(50)35-33-31-29-27-25-23-16-14-12-10-8-6-4-2)38-58-47-44(53)45(60-61(55,56)57)43(52)42(37-49)59-47/h20-21,25,27,33,35,39-45,47,49-53H,3-19,22-24,26,28-32,34,36-38H2,1-2H3,(H,48,54)(H,55,56,57)/b21-20-,27-25+,35-33+. The summed E-state index contributed by atoms with van der Waals surface area (Å²) in [6.45, 7) is 3.18. The van der Waals surface area contributed by atoms with Crippen LogP contribution in [-0.2, 0) is 28.9 Å². The molecule has 0 aliphatic carbocycles. The fourth-order valence-corrected chi connectivity index (χ4v) is 7.92. The van der Waals surface area contributed by atoms with Crippen molar-refractivity contribution in [1.82, 2.24) is 5.32 Å². The second-order valence-corrected chi connectivity index (χ2v) is 17.9. The molecule has 14 heteroatoms. The van der Waals surface area contributed by atoms with Gasteiger partial charge in [0.2, 0.25) is 5.91 Å². The lowest BCUT2D eigenvalue weighted by Crippen LogP contribution is -2.61. The van der Waals surface area contributed by atoms with E-state index in [0.29, 0.717) is 12.8 Å². The fourth-order valence-electron chi connectivity index (χ4n) is 7.41. The minimum atomic E-state index is -5.12. The number of amides is 1. The minimum absolute atomic E-state index is 0.229. The van der Waals surface area contributed by atoms with Gasteiger partial charge in [-0.05, 0) is 57.8 Å². The topological polar surface area (TPSA) is 212 Å². The molecule has 1 rings (SSSR count). The first-order chi connectivity index (χ1) is 29.4. The highest BCUT2D eigenvalue weighted by molar-refractivity contribution is 7.80. The highest BCUT2D eigenvalue weighted by Crippen LogP contribution is 2.26. The number of nitrogens with one attached hydrogen (secondary N) is 1. The Balaban J connectivity index is 2.56. The molecule has 1 saturated heterocycles. The number of allylic oxidation sites excluding steroid dienone is 5. The first kappa shape index (κ1) is 57.3. The molecule has 13 nitrogen and oxygen atoms in total. The van der Waals surface area contributed by atoms with Gasteiger partial charge >= 0.3 is 10.4 Å². The molecule has 0 bridgehead atoms. The average Bonchev–Trinajstić information content (AvgIpc) is 3.23. The van der Waals surface area contributed by atoms with Crippen molar-refractivity contribution >= 4 is 16.3 Å². The Morgan fingerprint density at radius 1 is 0.656 bits per heavy atom. The van der Waals surface area contributed by atoms with Gasteiger partial charge in [0.15, 0.2) is 6.29 Å². The number of rotatable bonds is 40. The highest BCUT2D eigenvalue weighted by Gasteiger charge is 2.48. The van der Waals surface area contributed by atoms with E-state index in [1.165, 1.54) is 102 Å². The number of carbonyl (C=O) groups is 1. The Morgan fingerprint density at radius 2 is 1.10 bits per heavy atom. The summed E-state index contributed by atoms with van der Waals surface area (Å²) in [5.74, 6) is -0.718. The number of hydrogen-bond acceptors (Lipinski definition) is 11. The van der Waals surface area contributed by atoms with Gasteiger partial charge in [-0.3, -0.25) is 9.35 Å². The Hall–Kier alpha value is -1.72. The van der Waals surface area contributed by atoms with E-state index in [1.807, 2.05) is 0 Å². The Labute approximate surface area is 369 Å². The highest BCUT2D eigenvalue weighted by atomic mass is 32.3. The van der Waals surface area contributed by atoms with E-state index in [2.05, 4.69) is 47.7 Å². The maximum Gasteiger partial charge on any atom is 0.397 e. The van der Waals surface area contributed by atoms with Crippen LogP contribution in [0.3, 0.4) is 0 Å². The van der Waals surface area contributed by atoms with Crippen molar-refractivity contribution in [3.05, 3.63) is 36.5 Å². The summed E-state index contributed by atoms with van der Waals surface area (Å²) in [5, 5.41) is 55.2. The van der Waals surface area contributed by atoms with Crippen molar-refractivity contribution in [3.8, 4) is 0 Å². The Kier molecular flexibility index (Phi) is 35.4. The minimum Gasteiger partial charge on any atom is -0.394 e. The zero-order valence-electron chi connectivity index (χ0n) is 37.8. The van der Waals surface area contributed by atoms with E-state index < -0.39 is 78.5 Å². The Morgan fingerprint density at radius 3 is 1.57 bits per heavy atom. The van der Waals surface area contributed by atoms with Crippen LogP contribution in [0.1, 0.15) is 194 Å². The number of carbonyl (C=O) groups excluding carboxylic acids is 1. The predicted molar refractivity (Wildman–Crippen MR) is 242 cm³/mol. The van der Waals surface area contributed by atoms with Crippen LogP contribution in [0.15, 0.2) is 36.5 Å². The number of hydrogen-bond donors (Lipinski definition) is 7. The summed E-state index contributed by atoms with van der Waals surface area (Å²) < 4.78 is 47.5. The van der Waals surface area contributed by atoms with Crippen molar-refractivity contribution in [3.63, 3.8) is 0 Å². The molecule has 7 N–H and O–H groups in total. The van der Waals surface area contributed by atoms with Gasteiger partial charge in [-0.15, -0.1) is 0 Å². The molecule has 0 aromatic heterocycles. The SMILES string of the molecule is CCCCCCCCC/C=C/CC/C=C/C(O)C(COC1OC(CO)C(O)C(OS(=O)(=O)O)C1O)NC(=O)C(O)CCCCCCCC/C=C\CCCCCCCCCCC. The van der Waals surface area contributed by atoms with Crippen LogP contribution < -0.4 is 5.32 Å². The molecule has 0 radical (unpaired) electrons. The van der Waals surface area contributed by atoms with Crippen molar-refractivity contribution in [2.45, 2.75) is 243 Å². The van der Waals surface area contributed by atoms with E-state index >= 15 is 0 Å². The van der Waals surface area contributed by atoms with Crippen LogP contribution in [0.5, 0.6) is 0 Å². The first-order valence-corrected chi connectivity index (χ1v) is 25.3. The third-order valence-electron chi connectivity index (χ3n) is 11.3. The molecular formula is C47H87NO12S. The maximum atomic E-state index is 13.1. The van der Waals surface area contributed by atoms with Crippen molar-refractivity contribution in [1.29, 1.82) is 0 Å². The smallest absolute Gasteiger partial charge is 0.394 e. The van der Waals surface area contributed by atoms with Gasteiger partial charge in [-0.2, -0.15) is 8.42 Å². The second kappa shape index (κ2) is 37.6. The van der Waals surface area contributed by atoms with Gasteiger partial charge in [-0.25, -0.2) is 4.18 Å². The van der Waals surface area contributed by atoms with Crippen molar-refractivity contribution in [2.24, 2.45) is 0 Å². The molecule has 1 fully saturated rings. The van der Waals surface area contributed by atoms with E-state index in [1.54, 1.807) is 6.08 Å². The van der Waals surface area contributed by atoms with Crippen molar-refractivity contribution in [2.75, 3.05) is 13.2 Å². The molecular weight excluding hydrogens is 803 g/mol. The molecule has 358 valence electrons. The molecule has 61 heavy (non-hydrogen) atoms. The zero-order chi connectivity index (χ0) is 45.0. The summed E-state index contributed by atoms with van der Waals surface area (Å²) >= 11 is 0. The summed E-state index contributed by atoms with van der Waals surface area (Å²) in [6.07, 6.45) is 32.3. The molecule has 1 amide bonds. The first-order valence-electron chi connectivity index (χ1n) is 24.0. The zero-order valence-corrected chi connectivity index (χ0v) is 38.7. The maximum absolute atomic E-state index is 13.1. The average molecular weight is 890 g/mol. The van der Waals surface area contributed by atoms with Gasteiger partial charge in [-0.1, -0.05) is 172 Å². The largest absolute Gasteiger partial charge is 0.397 e. The molecule has 0 aromatic rings. The molecule has 1 aliphatic heterocycles. The molecule has 0 saturated carbocycles. The summed E-state index contributed by atoms with van der Waals surface area (Å²) in [4.78, 5) is 13.1. The lowest BCUT2D eigenvalue weighted by molar-refractivity contribution is -0.298. The molecule has 1 heterocycles. The number of aliphatic hydroxyl groups is 5. The van der Waals surface area contributed by atoms with Gasteiger partial charge in [0.1, 0.15) is 30.5 Å². The lowest BCUT2D eigenvalue weighted by atomic mass is 9.99. The van der Waals surface area contributed by atoms with Crippen molar-refractivity contribution < 1.29 is 57.0 Å². The Bertz CT molecular complexity index is 1250. The molecule has 1 aliphatic rings. The summed E-state index contributed by atoms with van der Waals surface area (Å²) in [7, 11) is -5.12. The van der Waals surface area contributed by atoms with Crippen LogP contribution in [0.25, 0.3) is 0 Å². The van der Waals surface area contributed by atoms with Gasteiger partial charge < -0.3 is 40.3 Å². The monoisotopic (exact) mass is 890 g/mol. The van der Waals surface area contributed by atoms with E-state index in [-0.39, 0.29) is 6.42 Å². The molecule has 0 aromatic carbocycles.